The van der Waals surface area contributed by atoms with E-state index in [1.807, 2.05) is 19.1 Å². The van der Waals surface area contributed by atoms with Crippen LogP contribution in [0.2, 0.25) is 0 Å². The Hall–Kier alpha value is -2.47. The monoisotopic (exact) mass is 383 g/mol. The maximum atomic E-state index is 13.8. The number of thioether (sulfide) groups is 1. The van der Waals surface area contributed by atoms with E-state index in [1.54, 1.807) is 37.3 Å². The molecule has 2 aromatic carbocycles. The third-order valence-electron chi connectivity index (χ3n) is 4.93. The van der Waals surface area contributed by atoms with Gasteiger partial charge in [0, 0.05) is 22.4 Å². The van der Waals surface area contributed by atoms with Crippen molar-refractivity contribution in [3.05, 3.63) is 71.6 Å². The number of aryl methyl sites for hydroxylation is 1. The minimum Gasteiger partial charge on any atom is -0.497 e. The molecule has 0 fully saturated rings. The quantitative estimate of drug-likeness (QED) is 0.680. The fourth-order valence-electron chi connectivity index (χ4n) is 3.42. The Labute approximate surface area is 162 Å². The minimum absolute atomic E-state index is 0.188. The molecule has 1 N–H and O–H groups in total. The third kappa shape index (κ3) is 3.81. The summed E-state index contributed by atoms with van der Waals surface area (Å²) in [6.07, 6.45) is 2.66. The van der Waals surface area contributed by atoms with E-state index < -0.39 is 0 Å². The van der Waals surface area contributed by atoms with Gasteiger partial charge in [0.25, 0.3) is 0 Å². The van der Waals surface area contributed by atoms with Crippen LogP contribution in [0.25, 0.3) is 0 Å². The summed E-state index contributed by atoms with van der Waals surface area (Å²) in [4.78, 5) is 11.1. The number of nitrogens with zero attached hydrogens (tertiary/aromatic N) is 2. The summed E-state index contributed by atoms with van der Waals surface area (Å²) in [7, 11) is 1.68. The van der Waals surface area contributed by atoms with Crippen molar-refractivity contribution in [3.63, 3.8) is 0 Å². The molecule has 1 atom stereocenters. The van der Waals surface area contributed by atoms with Gasteiger partial charge < -0.3 is 14.6 Å². The second kappa shape index (κ2) is 7.64. The second-order valence-electron chi connectivity index (χ2n) is 6.68. The molecule has 0 radical (unpaired) electrons. The van der Waals surface area contributed by atoms with Crippen molar-refractivity contribution in [1.29, 1.82) is 0 Å². The summed E-state index contributed by atoms with van der Waals surface area (Å²) < 4.78 is 19.2. The zero-order valence-corrected chi connectivity index (χ0v) is 16.2. The zero-order valence-electron chi connectivity index (χ0n) is 15.4. The largest absolute Gasteiger partial charge is 0.497 e. The number of benzene rings is 2. The van der Waals surface area contributed by atoms with Gasteiger partial charge in [0.05, 0.1) is 31.4 Å². The highest BCUT2D eigenvalue weighted by atomic mass is 32.2. The van der Waals surface area contributed by atoms with Gasteiger partial charge in [-0.05, 0) is 49.2 Å². The van der Waals surface area contributed by atoms with E-state index in [4.69, 9.17) is 4.74 Å². The molecule has 1 aromatic heterocycles. The number of halogens is 1. The molecule has 1 unspecified atom stereocenters. The first kappa shape index (κ1) is 17.9. The van der Waals surface area contributed by atoms with Crippen molar-refractivity contribution < 1.29 is 9.13 Å². The third-order valence-corrected chi connectivity index (χ3v) is 6.31. The molecule has 0 spiro atoms. The average Bonchev–Trinajstić information content (AvgIpc) is 2.98. The highest BCUT2D eigenvalue weighted by Crippen LogP contribution is 2.46. The topological polar surface area (TPSA) is 41.1 Å². The van der Waals surface area contributed by atoms with Crippen molar-refractivity contribution in [2.24, 2.45) is 0 Å². The maximum absolute atomic E-state index is 13.8. The lowest BCUT2D eigenvalue weighted by Gasteiger charge is -2.24. The van der Waals surface area contributed by atoms with Gasteiger partial charge >= 0.3 is 0 Å². The molecule has 27 heavy (non-hydrogen) atoms. The first-order valence-corrected chi connectivity index (χ1v) is 9.86. The first-order chi connectivity index (χ1) is 13.1. The van der Waals surface area contributed by atoms with E-state index in [2.05, 4.69) is 27.0 Å². The number of hydrogen-bond donors (Lipinski definition) is 1. The van der Waals surface area contributed by atoms with E-state index in [-0.39, 0.29) is 11.1 Å². The van der Waals surface area contributed by atoms with Crippen LogP contribution in [0.15, 0.2) is 53.7 Å². The summed E-state index contributed by atoms with van der Waals surface area (Å²) in [5.41, 5.74) is 4.32. The Morgan fingerprint density at radius 2 is 2.19 bits per heavy atom. The minimum atomic E-state index is -0.188. The van der Waals surface area contributed by atoms with Gasteiger partial charge in [-0.15, -0.1) is 11.8 Å². The number of imidazole rings is 1. The molecule has 4 nitrogen and oxygen atoms in total. The molecule has 3 aromatic rings. The number of fused-ring (bicyclic) bond motifs is 1. The van der Waals surface area contributed by atoms with Gasteiger partial charge in [-0.2, -0.15) is 0 Å². The Morgan fingerprint density at radius 3 is 2.93 bits per heavy atom. The maximum Gasteiger partial charge on any atom is 0.123 e. The van der Waals surface area contributed by atoms with Crippen LogP contribution in [-0.2, 0) is 6.54 Å². The van der Waals surface area contributed by atoms with Crippen molar-refractivity contribution >= 4 is 17.4 Å². The van der Waals surface area contributed by atoms with E-state index >= 15 is 0 Å². The summed E-state index contributed by atoms with van der Waals surface area (Å²) in [6.45, 7) is 3.66. The van der Waals surface area contributed by atoms with Crippen LogP contribution < -0.4 is 9.64 Å². The number of hydrogen-bond acceptors (Lipinski definition) is 4. The van der Waals surface area contributed by atoms with E-state index in [9.17, 15) is 4.39 Å². The summed E-state index contributed by atoms with van der Waals surface area (Å²) in [5, 5.41) is 0.192. The summed E-state index contributed by atoms with van der Waals surface area (Å²) in [5.74, 6) is 0.643. The van der Waals surface area contributed by atoms with Gasteiger partial charge in [-0.3, -0.25) is 0 Å². The van der Waals surface area contributed by atoms with Crippen molar-refractivity contribution in [2.75, 3.05) is 18.6 Å². The molecule has 6 heteroatoms. The molecule has 1 aliphatic rings. The van der Waals surface area contributed by atoms with Gasteiger partial charge in [0.2, 0.25) is 0 Å². The van der Waals surface area contributed by atoms with Crippen LogP contribution in [-0.4, -0.2) is 23.6 Å². The average molecular weight is 383 g/mol. The SMILES string of the molecule is COc1ccc2c(c1)SC(c1cccc(F)c1)CCN2Cc1nc[nH]c1C. The van der Waals surface area contributed by atoms with Gasteiger partial charge in [-0.25, -0.2) is 9.37 Å². The van der Waals surface area contributed by atoms with Crippen molar-refractivity contribution in [2.45, 2.75) is 30.0 Å². The Morgan fingerprint density at radius 1 is 1.30 bits per heavy atom. The van der Waals surface area contributed by atoms with Crippen LogP contribution in [0.3, 0.4) is 0 Å². The zero-order chi connectivity index (χ0) is 18.8. The van der Waals surface area contributed by atoms with Crippen molar-refractivity contribution in [1.82, 2.24) is 9.97 Å². The van der Waals surface area contributed by atoms with Gasteiger partial charge in [-0.1, -0.05) is 12.1 Å². The number of aromatic amines is 1. The molecular formula is C21H22FN3OS. The van der Waals surface area contributed by atoms with Crippen molar-refractivity contribution in [3.8, 4) is 5.75 Å². The molecule has 2 heterocycles. The van der Waals surface area contributed by atoms with E-state index in [1.165, 1.54) is 11.8 Å². The number of nitrogens with one attached hydrogen (secondary N) is 1. The molecule has 0 amide bonds. The Balaban J connectivity index is 1.69. The van der Waals surface area contributed by atoms with Crippen LogP contribution in [0.4, 0.5) is 10.1 Å². The number of rotatable bonds is 4. The molecule has 0 aliphatic carbocycles. The number of anilines is 1. The lowest BCUT2D eigenvalue weighted by atomic mass is 10.1. The second-order valence-corrected chi connectivity index (χ2v) is 7.92. The fraction of sp³-hybridized carbons (Fsp3) is 0.286. The fourth-order valence-corrected chi connectivity index (χ4v) is 4.73. The predicted molar refractivity (Wildman–Crippen MR) is 107 cm³/mol. The molecule has 4 rings (SSSR count). The molecule has 0 bridgehead atoms. The van der Waals surface area contributed by atoms with Crippen LogP contribution in [0.1, 0.15) is 28.6 Å². The Bertz CT molecular complexity index is 943. The van der Waals surface area contributed by atoms with E-state index in [0.717, 1.165) is 47.1 Å². The molecular weight excluding hydrogens is 361 g/mol. The van der Waals surface area contributed by atoms with Gasteiger partial charge in [0.1, 0.15) is 11.6 Å². The van der Waals surface area contributed by atoms with Crippen LogP contribution in [0.5, 0.6) is 5.75 Å². The highest BCUT2D eigenvalue weighted by Gasteiger charge is 2.25. The number of H-pyrrole nitrogens is 1. The first-order valence-electron chi connectivity index (χ1n) is 8.98. The number of aromatic nitrogens is 2. The molecule has 0 saturated carbocycles. The lowest BCUT2D eigenvalue weighted by molar-refractivity contribution is 0.413. The van der Waals surface area contributed by atoms with Crippen LogP contribution in [0, 0.1) is 12.7 Å². The van der Waals surface area contributed by atoms with Crippen LogP contribution >= 0.6 is 11.8 Å². The molecule has 1 aliphatic heterocycles. The Kier molecular flexibility index (Phi) is 5.07. The number of ether oxygens (including phenoxy) is 1. The smallest absolute Gasteiger partial charge is 0.123 e. The van der Waals surface area contributed by atoms with E-state index in [0.29, 0.717) is 0 Å². The predicted octanol–water partition coefficient (Wildman–Crippen LogP) is 5.11. The molecule has 140 valence electrons. The standard InChI is InChI=1S/C21H22FN3OS/c1-14-18(24-13-23-14)12-25-9-8-20(15-4-3-5-16(22)10-15)27-21-11-17(26-2)6-7-19(21)25/h3-7,10-11,13,20H,8-9,12H2,1-2H3,(H,23,24). The van der Waals surface area contributed by atoms with Gasteiger partial charge in [0.15, 0.2) is 0 Å². The molecule has 0 saturated heterocycles. The lowest BCUT2D eigenvalue weighted by Crippen LogP contribution is -2.24. The number of methoxy groups -OCH3 is 1. The summed E-state index contributed by atoms with van der Waals surface area (Å²) >= 11 is 1.77. The highest BCUT2D eigenvalue weighted by molar-refractivity contribution is 7.99. The summed E-state index contributed by atoms with van der Waals surface area (Å²) in [6, 6.07) is 13.1. The normalized spacial score (nSPS) is 16.7.